The molecule has 0 fully saturated rings. The van der Waals surface area contributed by atoms with Crippen LogP contribution in [0.15, 0.2) is 65.5 Å². The molecule has 0 N–H and O–H groups in total. The minimum absolute atomic E-state index is 0.118. The lowest BCUT2D eigenvalue weighted by Crippen LogP contribution is -2.35. The summed E-state index contributed by atoms with van der Waals surface area (Å²) in [6.45, 7) is 4.23. The molecular formula is C24H22ClN3O2. The lowest BCUT2D eigenvalue weighted by molar-refractivity contribution is 0.0735. The molecule has 6 heteroatoms. The second kappa shape index (κ2) is 7.92. The van der Waals surface area contributed by atoms with Crippen LogP contribution in [0.2, 0.25) is 5.02 Å². The van der Waals surface area contributed by atoms with Crippen molar-refractivity contribution in [2.45, 2.75) is 26.4 Å². The molecule has 1 amide bonds. The fourth-order valence-corrected chi connectivity index (χ4v) is 3.96. The van der Waals surface area contributed by atoms with Crippen LogP contribution in [-0.4, -0.2) is 27.4 Å². The molecule has 1 unspecified atom stereocenters. The first-order valence-corrected chi connectivity index (χ1v) is 10.2. The van der Waals surface area contributed by atoms with E-state index in [1.165, 1.54) is 0 Å². The smallest absolute Gasteiger partial charge is 0.261 e. The van der Waals surface area contributed by atoms with Crippen LogP contribution in [0.3, 0.4) is 0 Å². The lowest BCUT2D eigenvalue weighted by Gasteiger charge is -2.27. The SMILES string of the molecule is CCn1c(C(C)N(C)C(=O)c2cccc3ccccc23)nc2ccc(Cl)cc2c1=O. The molecule has 0 radical (unpaired) electrons. The van der Waals surface area contributed by atoms with Gasteiger partial charge in [0.25, 0.3) is 11.5 Å². The van der Waals surface area contributed by atoms with E-state index in [4.69, 9.17) is 16.6 Å². The van der Waals surface area contributed by atoms with Crippen LogP contribution in [0, 0.1) is 0 Å². The van der Waals surface area contributed by atoms with Gasteiger partial charge < -0.3 is 4.90 Å². The molecule has 152 valence electrons. The number of halogens is 1. The van der Waals surface area contributed by atoms with Gasteiger partial charge in [0.1, 0.15) is 5.82 Å². The third kappa shape index (κ3) is 3.35. The van der Waals surface area contributed by atoms with Crippen molar-refractivity contribution in [3.8, 4) is 0 Å². The number of fused-ring (bicyclic) bond motifs is 2. The van der Waals surface area contributed by atoms with Crippen LogP contribution >= 0.6 is 11.6 Å². The molecule has 5 nitrogen and oxygen atoms in total. The van der Waals surface area contributed by atoms with Gasteiger partial charge in [0.2, 0.25) is 0 Å². The Morgan fingerprint density at radius 3 is 2.60 bits per heavy atom. The van der Waals surface area contributed by atoms with Gasteiger partial charge in [-0.05, 0) is 48.9 Å². The number of rotatable bonds is 4. The molecule has 0 saturated carbocycles. The summed E-state index contributed by atoms with van der Waals surface area (Å²) in [6.07, 6.45) is 0. The number of carbonyl (C=O) groups excluding carboxylic acids is 1. The third-order valence-electron chi connectivity index (χ3n) is 5.56. The van der Waals surface area contributed by atoms with Crippen molar-refractivity contribution >= 4 is 39.2 Å². The third-order valence-corrected chi connectivity index (χ3v) is 5.79. The standard InChI is InChI=1S/C24H22ClN3O2/c1-4-28-22(26-21-13-12-17(25)14-20(21)24(28)30)15(2)27(3)23(29)19-11-7-9-16-8-5-6-10-18(16)19/h5-15H,4H2,1-3H3. The van der Waals surface area contributed by atoms with Gasteiger partial charge in [0.05, 0.1) is 16.9 Å². The molecule has 30 heavy (non-hydrogen) atoms. The van der Waals surface area contributed by atoms with E-state index in [9.17, 15) is 9.59 Å². The second-order valence-electron chi connectivity index (χ2n) is 7.30. The summed E-state index contributed by atoms with van der Waals surface area (Å²) < 4.78 is 1.61. The minimum atomic E-state index is -0.399. The van der Waals surface area contributed by atoms with Crippen molar-refractivity contribution in [2.75, 3.05) is 7.05 Å². The average molecular weight is 420 g/mol. The monoisotopic (exact) mass is 419 g/mol. The molecule has 4 aromatic rings. The molecule has 3 aromatic carbocycles. The summed E-state index contributed by atoms with van der Waals surface area (Å²) in [4.78, 5) is 32.7. The Kier molecular flexibility index (Phi) is 5.31. The van der Waals surface area contributed by atoms with Crippen molar-refractivity contribution in [1.29, 1.82) is 0 Å². The van der Waals surface area contributed by atoms with Crippen LogP contribution in [0.25, 0.3) is 21.7 Å². The number of amides is 1. The van der Waals surface area contributed by atoms with Gasteiger partial charge in [-0.2, -0.15) is 0 Å². The van der Waals surface area contributed by atoms with Gasteiger partial charge in [-0.25, -0.2) is 4.98 Å². The van der Waals surface area contributed by atoms with Gasteiger partial charge >= 0.3 is 0 Å². The summed E-state index contributed by atoms with van der Waals surface area (Å²) in [5, 5.41) is 2.88. The van der Waals surface area contributed by atoms with Gasteiger partial charge in [-0.3, -0.25) is 14.2 Å². The summed E-state index contributed by atoms with van der Waals surface area (Å²) in [6, 6.07) is 18.2. The predicted octanol–water partition coefficient (Wildman–Crippen LogP) is 5.06. The first-order chi connectivity index (χ1) is 14.4. The normalized spacial score (nSPS) is 12.3. The molecule has 0 bridgehead atoms. The van der Waals surface area contributed by atoms with E-state index < -0.39 is 6.04 Å². The molecule has 0 aliphatic heterocycles. The Balaban J connectivity index is 1.79. The van der Waals surface area contributed by atoms with Crippen LogP contribution < -0.4 is 5.56 Å². The molecule has 0 spiro atoms. The fourth-order valence-electron chi connectivity index (χ4n) is 3.79. The van der Waals surface area contributed by atoms with E-state index in [-0.39, 0.29) is 11.5 Å². The Morgan fingerprint density at radius 2 is 1.83 bits per heavy atom. The maximum atomic E-state index is 13.4. The molecule has 0 aliphatic carbocycles. The minimum Gasteiger partial charge on any atom is -0.332 e. The molecule has 0 saturated heterocycles. The average Bonchev–Trinajstić information content (AvgIpc) is 2.77. The van der Waals surface area contributed by atoms with Gasteiger partial charge in [-0.15, -0.1) is 0 Å². The largest absolute Gasteiger partial charge is 0.332 e. The van der Waals surface area contributed by atoms with E-state index in [1.54, 1.807) is 34.7 Å². The van der Waals surface area contributed by atoms with Crippen molar-refractivity contribution in [2.24, 2.45) is 0 Å². The number of nitrogens with zero attached hydrogens (tertiary/aromatic N) is 3. The van der Waals surface area contributed by atoms with Crippen LogP contribution in [-0.2, 0) is 6.54 Å². The van der Waals surface area contributed by atoms with E-state index in [1.807, 2.05) is 56.3 Å². The quantitative estimate of drug-likeness (QED) is 0.464. The van der Waals surface area contributed by atoms with Crippen molar-refractivity contribution in [3.05, 3.63) is 87.4 Å². The van der Waals surface area contributed by atoms with Crippen molar-refractivity contribution < 1.29 is 4.79 Å². The highest BCUT2D eigenvalue weighted by atomic mass is 35.5. The lowest BCUT2D eigenvalue weighted by atomic mass is 10.0. The number of carbonyl (C=O) groups is 1. The highest BCUT2D eigenvalue weighted by Gasteiger charge is 2.24. The number of aromatic nitrogens is 2. The number of benzene rings is 3. The maximum absolute atomic E-state index is 13.4. The van der Waals surface area contributed by atoms with E-state index in [2.05, 4.69) is 0 Å². The van der Waals surface area contributed by atoms with E-state index >= 15 is 0 Å². The molecule has 0 aliphatic rings. The van der Waals surface area contributed by atoms with Crippen LogP contribution in [0.4, 0.5) is 0 Å². The molecular weight excluding hydrogens is 398 g/mol. The molecule has 1 heterocycles. The predicted molar refractivity (Wildman–Crippen MR) is 121 cm³/mol. The fraction of sp³-hybridized carbons (Fsp3) is 0.208. The first kappa shape index (κ1) is 20.1. The zero-order valence-electron chi connectivity index (χ0n) is 17.1. The Bertz CT molecular complexity index is 1320. The van der Waals surface area contributed by atoms with Crippen molar-refractivity contribution in [1.82, 2.24) is 14.5 Å². The van der Waals surface area contributed by atoms with E-state index in [0.717, 1.165) is 10.8 Å². The molecule has 1 atom stereocenters. The summed E-state index contributed by atoms with van der Waals surface area (Å²) in [7, 11) is 1.74. The number of hydrogen-bond donors (Lipinski definition) is 0. The van der Waals surface area contributed by atoms with Gasteiger partial charge in [0, 0.05) is 24.2 Å². The Morgan fingerprint density at radius 1 is 1.10 bits per heavy atom. The van der Waals surface area contributed by atoms with Crippen LogP contribution in [0.5, 0.6) is 0 Å². The summed E-state index contributed by atoms with van der Waals surface area (Å²) in [5.74, 6) is 0.431. The van der Waals surface area contributed by atoms with E-state index in [0.29, 0.717) is 33.9 Å². The summed E-state index contributed by atoms with van der Waals surface area (Å²) >= 11 is 6.07. The zero-order valence-corrected chi connectivity index (χ0v) is 17.8. The van der Waals surface area contributed by atoms with Crippen LogP contribution in [0.1, 0.15) is 36.1 Å². The molecule has 4 rings (SSSR count). The maximum Gasteiger partial charge on any atom is 0.261 e. The van der Waals surface area contributed by atoms with Crippen molar-refractivity contribution in [3.63, 3.8) is 0 Å². The topological polar surface area (TPSA) is 55.2 Å². The molecule has 1 aromatic heterocycles. The van der Waals surface area contributed by atoms with Gasteiger partial charge in [0.15, 0.2) is 0 Å². The highest BCUT2D eigenvalue weighted by molar-refractivity contribution is 6.31. The van der Waals surface area contributed by atoms with Gasteiger partial charge in [-0.1, -0.05) is 48.0 Å². The number of hydrogen-bond acceptors (Lipinski definition) is 3. The zero-order chi connectivity index (χ0) is 21.4. The Labute approximate surface area is 179 Å². The highest BCUT2D eigenvalue weighted by Crippen LogP contribution is 2.25. The summed E-state index contributed by atoms with van der Waals surface area (Å²) in [5.41, 5.74) is 1.04. The Hall–Kier alpha value is -3.18. The first-order valence-electron chi connectivity index (χ1n) is 9.87. The second-order valence-corrected chi connectivity index (χ2v) is 7.74.